The highest BCUT2D eigenvalue weighted by atomic mass is 16.2. The summed E-state index contributed by atoms with van der Waals surface area (Å²) in [7, 11) is 0. The van der Waals surface area contributed by atoms with Gasteiger partial charge in [0, 0.05) is 18.7 Å². The van der Waals surface area contributed by atoms with Crippen LogP contribution in [0.4, 0.5) is 11.5 Å². The molecule has 126 valence electrons. The first-order valence-electron chi connectivity index (χ1n) is 8.32. The van der Waals surface area contributed by atoms with Gasteiger partial charge in [0.25, 0.3) is 0 Å². The van der Waals surface area contributed by atoms with Crippen LogP contribution in [-0.4, -0.2) is 21.6 Å². The molecule has 1 heterocycles. The summed E-state index contributed by atoms with van der Waals surface area (Å²) in [4.78, 5) is 23.3. The van der Waals surface area contributed by atoms with Gasteiger partial charge in [-0.3, -0.25) is 9.59 Å². The number of aromatic nitrogens is 2. The van der Waals surface area contributed by atoms with Crippen molar-refractivity contribution in [2.45, 2.75) is 45.1 Å². The Kier molecular flexibility index (Phi) is 4.93. The van der Waals surface area contributed by atoms with E-state index in [1.165, 1.54) is 19.8 Å². The summed E-state index contributed by atoms with van der Waals surface area (Å²) in [5.41, 5.74) is 1.62. The van der Waals surface area contributed by atoms with Crippen molar-refractivity contribution in [1.29, 1.82) is 0 Å². The van der Waals surface area contributed by atoms with E-state index in [9.17, 15) is 9.59 Å². The molecule has 6 nitrogen and oxygen atoms in total. The molecule has 1 saturated carbocycles. The maximum absolute atomic E-state index is 12.3. The highest BCUT2D eigenvalue weighted by molar-refractivity contribution is 5.92. The van der Waals surface area contributed by atoms with Gasteiger partial charge in [-0.05, 0) is 30.5 Å². The molecule has 0 atom stereocenters. The second-order valence-electron chi connectivity index (χ2n) is 6.20. The number of carbonyl (C=O) groups excluding carboxylic acids is 2. The molecule has 0 radical (unpaired) electrons. The number of rotatable bonds is 5. The molecule has 0 bridgehead atoms. The van der Waals surface area contributed by atoms with E-state index < -0.39 is 0 Å². The fourth-order valence-corrected chi connectivity index (χ4v) is 3.13. The van der Waals surface area contributed by atoms with Crippen molar-refractivity contribution in [2.24, 2.45) is 0 Å². The van der Waals surface area contributed by atoms with Gasteiger partial charge in [0.15, 0.2) is 0 Å². The summed E-state index contributed by atoms with van der Waals surface area (Å²) in [6.45, 7) is 1.47. The number of hydrogen-bond donors (Lipinski definition) is 2. The van der Waals surface area contributed by atoms with Crippen LogP contribution in [0.3, 0.4) is 0 Å². The van der Waals surface area contributed by atoms with Gasteiger partial charge in [-0.2, -0.15) is 5.10 Å². The minimum Gasteiger partial charge on any atom is -0.326 e. The lowest BCUT2D eigenvalue weighted by Crippen LogP contribution is -2.19. The van der Waals surface area contributed by atoms with Crippen LogP contribution in [0.2, 0.25) is 0 Å². The van der Waals surface area contributed by atoms with Gasteiger partial charge in [-0.15, -0.1) is 0 Å². The predicted octanol–water partition coefficient (Wildman–Crippen LogP) is 3.14. The minimum absolute atomic E-state index is 0.0676. The quantitative estimate of drug-likeness (QED) is 0.886. The lowest BCUT2D eigenvalue weighted by molar-refractivity contribution is -0.116. The SMILES string of the molecule is CC(=O)Nc1ccc(CC(=O)Nc2ccnn2C2CCCC2)cc1. The summed E-state index contributed by atoms with van der Waals surface area (Å²) in [5, 5.41) is 10.0. The van der Waals surface area contributed by atoms with Crippen molar-refractivity contribution in [1.82, 2.24) is 9.78 Å². The average molecular weight is 326 g/mol. The molecule has 1 aliphatic carbocycles. The monoisotopic (exact) mass is 326 g/mol. The second-order valence-corrected chi connectivity index (χ2v) is 6.20. The van der Waals surface area contributed by atoms with E-state index >= 15 is 0 Å². The number of anilines is 2. The Morgan fingerprint density at radius 1 is 1.12 bits per heavy atom. The maximum atomic E-state index is 12.3. The van der Waals surface area contributed by atoms with Crippen LogP contribution in [-0.2, 0) is 16.0 Å². The molecule has 1 aromatic carbocycles. The fourth-order valence-electron chi connectivity index (χ4n) is 3.13. The molecule has 6 heteroatoms. The molecule has 0 unspecified atom stereocenters. The van der Waals surface area contributed by atoms with Gasteiger partial charge < -0.3 is 10.6 Å². The van der Waals surface area contributed by atoms with Crippen LogP contribution in [0.15, 0.2) is 36.5 Å². The average Bonchev–Trinajstić information content (AvgIpc) is 3.19. The molecule has 24 heavy (non-hydrogen) atoms. The van der Waals surface area contributed by atoms with Crippen molar-refractivity contribution in [2.75, 3.05) is 10.6 Å². The number of carbonyl (C=O) groups is 2. The van der Waals surface area contributed by atoms with E-state index in [-0.39, 0.29) is 18.2 Å². The van der Waals surface area contributed by atoms with Crippen LogP contribution in [0.1, 0.15) is 44.2 Å². The summed E-state index contributed by atoms with van der Waals surface area (Å²) >= 11 is 0. The number of hydrogen-bond acceptors (Lipinski definition) is 3. The molecule has 0 aliphatic heterocycles. The van der Waals surface area contributed by atoms with E-state index in [1.807, 2.05) is 22.9 Å². The lowest BCUT2D eigenvalue weighted by atomic mass is 10.1. The minimum atomic E-state index is -0.110. The molecule has 2 amide bonds. The van der Waals surface area contributed by atoms with Crippen LogP contribution >= 0.6 is 0 Å². The van der Waals surface area contributed by atoms with Gasteiger partial charge in [0.05, 0.1) is 18.7 Å². The first-order chi connectivity index (χ1) is 11.6. The molecule has 1 fully saturated rings. The molecule has 2 N–H and O–H groups in total. The van der Waals surface area contributed by atoms with E-state index in [0.29, 0.717) is 6.04 Å². The number of nitrogens with zero attached hydrogens (tertiary/aromatic N) is 2. The topological polar surface area (TPSA) is 76.0 Å². The Balaban J connectivity index is 1.60. The summed E-state index contributed by atoms with van der Waals surface area (Å²) in [5.74, 6) is 0.587. The Labute approximate surface area is 141 Å². The van der Waals surface area contributed by atoms with Gasteiger partial charge in [-0.1, -0.05) is 25.0 Å². The van der Waals surface area contributed by atoms with Crippen molar-refractivity contribution in [3.8, 4) is 0 Å². The summed E-state index contributed by atoms with van der Waals surface area (Å²) in [6.07, 6.45) is 6.70. The van der Waals surface area contributed by atoms with Gasteiger partial charge >= 0.3 is 0 Å². The highest BCUT2D eigenvalue weighted by Gasteiger charge is 2.20. The van der Waals surface area contributed by atoms with Crippen molar-refractivity contribution >= 4 is 23.3 Å². The third kappa shape index (κ3) is 4.01. The largest absolute Gasteiger partial charge is 0.326 e. The van der Waals surface area contributed by atoms with Gasteiger partial charge in [0.2, 0.25) is 11.8 Å². The van der Waals surface area contributed by atoms with Gasteiger partial charge in [0.1, 0.15) is 5.82 Å². The predicted molar refractivity (Wildman–Crippen MR) is 92.8 cm³/mol. The molecule has 2 aromatic rings. The Morgan fingerprint density at radius 3 is 2.50 bits per heavy atom. The number of nitrogens with one attached hydrogen (secondary N) is 2. The standard InChI is InChI=1S/C18H22N4O2/c1-13(23)20-15-8-6-14(7-9-15)12-18(24)21-17-10-11-19-22(17)16-4-2-3-5-16/h6-11,16H,2-5,12H2,1H3,(H,20,23)(H,21,24). The number of benzene rings is 1. The molecular formula is C18H22N4O2. The zero-order chi connectivity index (χ0) is 16.9. The van der Waals surface area contributed by atoms with E-state index in [4.69, 9.17) is 0 Å². The first-order valence-corrected chi connectivity index (χ1v) is 8.32. The molecule has 1 aliphatic rings. The normalized spacial score (nSPS) is 14.5. The molecule has 0 saturated heterocycles. The molecule has 0 spiro atoms. The van der Waals surface area contributed by atoms with Gasteiger partial charge in [-0.25, -0.2) is 4.68 Å². The third-order valence-corrected chi connectivity index (χ3v) is 4.25. The van der Waals surface area contributed by atoms with Crippen LogP contribution < -0.4 is 10.6 Å². The Bertz CT molecular complexity index is 715. The summed E-state index contributed by atoms with van der Waals surface area (Å²) < 4.78 is 1.94. The zero-order valence-electron chi connectivity index (χ0n) is 13.8. The van der Waals surface area contributed by atoms with E-state index in [2.05, 4.69) is 15.7 Å². The van der Waals surface area contributed by atoms with E-state index in [0.717, 1.165) is 29.9 Å². The van der Waals surface area contributed by atoms with Crippen LogP contribution in [0.5, 0.6) is 0 Å². The maximum Gasteiger partial charge on any atom is 0.229 e. The van der Waals surface area contributed by atoms with Crippen LogP contribution in [0.25, 0.3) is 0 Å². The zero-order valence-corrected chi connectivity index (χ0v) is 13.8. The molecule has 3 rings (SSSR count). The highest BCUT2D eigenvalue weighted by Crippen LogP contribution is 2.31. The third-order valence-electron chi connectivity index (χ3n) is 4.25. The van der Waals surface area contributed by atoms with Crippen molar-refractivity contribution in [3.05, 3.63) is 42.1 Å². The van der Waals surface area contributed by atoms with Crippen molar-refractivity contribution in [3.63, 3.8) is 0 Å². The molecular weight excluding hydrogens is 304 g/mol. The Morgan fingerprint density at radius 2 is 1.83 bits per heavy atom. The lowest BCUT2D eigenvalue weighted by Gasteiger charge is -2.14. The number of amides is 2. The molecule has 1 aromatic heterocycles. The Hall–Kier alpha value is -2.63. The van der Waals surface area contributed by atoms with Crippen LogP contribution in [0, 0.1) is 0 Å². The first kappa shape index (κ1) is 16.2. The smallest absolute Gasteiger partial charge is 0.229 e. The second kappa shape index (κ2) is 7.29. The summed E-state index contributed by atoms with van der Waals surface area (Å²) in [6, 6.07) is 9.53. The fraction of sp³-hybridized carbons (Fsp3) is 0.389. The van der Waals surface area contributed by atoms with Crippen molar-refractivity contribution < 1.29 is 9.59 Å². The van der Waals surface area contributed by atoms with E-state index in [1.54, 1.807) is 18.3 Å².